The lowest BCUT2D eigenvalue weighted by atomic mass is 9.78. The summed E-state index contributed by atoms with van der Waals surface area (Å²) in [6, 6.07) is 10.4. The fourth-order valence-corrected chi connectivity index (χ4v) is 3.09. The molecular weight excluding hydrogens is 306 g/mol. The summed E-state index contributed by atoms with van der Waals surface area (Å²) in [5, 5.41) is 0. The van der Waals surface area contributed by atoms with Gasteiger partial charge in [0.2, 0.25) is 0 Å². The quantitative estimate of drug-likeness (QED) is 0.480. The van der Waals surface area contributed by atoms with Crippen LogP contribution in [0, 0.1) is 5.41 Å². The van der Waals surface area contributed by atoms with Gasteiger partial charge in [-0.05, 0) is 25.0 Å². The van der Waals surface area contributed by atoms with Crippen molar-refractivity contribution in [2.45, 2.75) is 19.8 Å². The van der Waals surface area contributed by atoms with E-state index >= 15 is 0 Å². The van der Waals surface area contributed by atoms with Gasteiger partial charge in [0.15, 0.2) is 11.6 Å². The lowest BCUT2D eigenvalue weighted by Crippen LogP contribution is -2.40. The summed E-state index contributed by atoms with van der Waals surface area (Å²) in [6.45, 7) is 1.83. The fourth-order valence-electron chi connectivity index (χ4n) is 3.09. The zero-order chi connectivity index (χ0) is 17.2. The van der Waals surface area contributed by atoms with Crippen LogP contribution >= 0.6 is 0 Å². The lowest BCUT2D eigenvalue weighted by molar-refractivity contribution is -0.151. The van der Waals surface area contributed by atoms with Gasteiger partial charge < -0.3 is 4.74 Å². The maximum atomic E-state index is 12.9. The largest absolute Gasteiger partial charge is 0.465 e. The molecule has 0 amide bonds. The number of ether oxygens (including phenoxy) is 1. The molecule has 5 nitrogen and oxygen atoms in total. The minimum atomic E-state index is -1.49. The Balaban J connectivity index is 1.98. The monoisotopic (exact) mass is 323 g/mol. The molecule has 3 rings (SSSR count). The van der Waals surface area contributed by atoms with Gasteiger partial charge in [0, 0.05) is 29.9 Å². The van der Waals surface area contributed by atoms with E-state index in [1.54, 1.807) is 49.5 Å². The lowest BCUT2D eigenvalue weighted by Gasteiger charge is -2.24. The highest BCUT2D eigenvalue weighted by Gasteiger charge is 2.53. The van der Waals surface area contributed by atoms with Crippen molar-refractivity contribution in [1.82, 2.24) is 4.98 Å². The molecule has 0 bridgehead atoms. The number of nitrogens with zero attached hydrogens (tertiary/aromatic N) is 1. The number of ketones is 2. The molecular formula is C19H17NO4. The highest BCUT2D eigenvalue weighted by Crippen LogP contribution is 2.41. The summed E-state index contributed by atoms with van der Waals surface area (Å²) >= 11 is 0. The third-order valence-electron chi connectivity index (χ3n) is 4.31. The first-order valence-electron chi connectivity index (χ1n) is 7.81. The second-order valence-corrected chi connectivity index (χ2v) is 5.81. The molecule has 1 aliphatic rings. The standard InChI is InChI=1S/C19H17NO4/c1-2-24-18(23)19(11-16(21)13-6-4-3-5-7-13)10-14-8-9-20-12-15(14)17(19)22/h3-9,12H,2,10-11H2,1H3. The summed E-state index contributed by atoms with van der Waals surface area (Å²) in [5.41, 5.74) is 0.104. The van der Waals surface area contributed by atoms with Crippen molar-refractivity contribution < 1.29 is 19.1 Å². The van der Waals surface area contributed by atoms with Gasteiger partial charge in [-0.25, -0.2) is 0 Å². The average molecular weight is 323 g/mol. The van der Waals surface area contributed by atoms with Crippen LogP contribution in [0.2, 0.25) is 0 Å². The van der Waals surface area contributed by atoms with Gasteiger partial charge >= 0.3 is 5.97 Å². The number of benzene rings is 1. The molecule has 1 heterocycles. The summed E-state index contributed by atoms with van der Waals surface area (Å²) in [4.78, 5) is 42.1. The molecule has 1 aromatic heterocycles. The number of aromatic nitrogens is 1. The molecule has 0 N–H and O–H groups in total. The summed E-state index contributed by atoms with van der Waals surface area (Å²) in [7, 11) is 0. The van der Waals surface area contributed by atoms with Crippen molar-refractivity contribution in [2.75, 3.05) is 6.61 Å². The van der Waals surface area contributed by atoms with Gasteiger partial charge in [0.05, 0.1) is 6.61 Å². The van der Waals surface area contributed by atoms with E-state index in [0.29, 0.717) is 11.1 Å². The Bertz CT molecular complexity index is 800. The molecule has 0 radical (unpaired) electrons. The normalized spacial score (nSPS) is 19.0. The minimum Gasteiger partial charge on any atom is -0.465 e. The Morgan fingerprint density at radius 1 is 1.21 bits per heavy atom. The third kappa shape index (κ3) is 2.62. The summed E-state index contributed by atoms with van der Waals surface area (Å²) < 4.78 is 5.14. The van der Waals surface area contributed by atoms with Gasteiger partial charge in [0.25, 0.3) is 0 Å². The molecule has 1 unspecified atom stereocenters. The van der Waals surface area contributed by atoms with E-state index in [9.17, 15) is 14.4 Å². The first kappa shape index (κ1) is 16.1. The number of carbonyl (C=O) groups is 3. The van der Waals surface area contributed by atoms with Crippen LogP contribution in [-0.4, -0.2) is 29.1 Å². The number of Topliss-reactive ketones (excluding diaryl/α,β-unsaturated/α-hetero) is 2. The van der Waals surface area contributed by atoms with E-state index in [4.69, 9.17) is 4.74 Å². The smallest absolute Gasteiger partial charge is 0.320 e. The minimum absolute atomic E-state index is 0.155. The molecule has 2 aromatic rings. The van der Waals surface area contributed by atoms with Gasteiger partial charge in [-0.1, -0.05) is 30.3 Å². The van der Waals surface area contributed by atoms with Crippen LogP contribution in [0.1, 0.15) is 39.6 Å². The number of hydrogen-bond acceptors (Lipinski definition) is 5. The zero-order valence-electron chi connectivity index (χ0n) is 13.3. The molecule has 122 valence electrons. The highest BCUT2D eigenvalue weighted by molar-refractivity contribution is 6.18. The Morgan fingerprint density at radius 2 is 1.96 bits per heavy atom. The highest BCUT2D eigenvalue weighted by atomic mass is 16.5. The first-order valence-corrected chi connectivity index (χ1v) is 7.81. The number of hydrogen-bond donors (Lipinski definition) is 0. The molecule has 0 saturated heterocycles. The van der Waals surface area contributed by atoms with E-state index in [2.05, 4.69) is 4.98 Å². The molecule has 0 saturated carbocycles. The molecule has 5 heteroatoms. The number of rotatable bonds is 5. The predicted molar refractivity (Wildman–Crippen MR) is 86.7 cm³/mol. The van der Waals surface area contributed by atoms with Crippen LogP contribution in [-0.2, 0) is 16.0 Å². The van der Waals surface area contributed by atoms with Crippen LogP contribution in [0.15, 0.2) is 48.8 Å². The number of pyridine rings is 1. The van der Waals surface area contributed by atoms with Crippen molar-refractivity contribution >= 4 is 17.5 Å². The van der Waals surface area contributed by atoms with E-state index < -0.39 is 11.4 Å². The Morgan fingerprint density at radius 3 is 2.62 bits per heavy atom. The Hall–Kier alpha value is -2.82. The summed E-state index contributed by atoms with van der Waals surface area (Å²) in [5.74, 6) is -1.28. The van der Waals surface area contributed by atoms with Gasteiger partial charge in [-0.3, -0.25) is 19.4 Å². The van der Waals surface area contributed by atoms with E-state index in [1.807, 2.05) is 0 Å². The zero-order valence-corrected chi connectivity index (χ0v) is 13.3. The van der Waals surface area contributed by atoms with Crippen molar-refractivity contribution in [1.29, 1.82) is 0 Å². The van der Waals surface area contributed by atoms with Crippen LogP contribution in [0.3, 0.4) is 0 Å². The van der Waals surface area contributed by atoms with Crippen molar-refractivity contribution in [2.24, 2.45) is 5.41 Å². The molecule has 1 aromatic carbocycles. The molecule has 24 heavy (non-hydrogen) atoms. The number of esters is 1. The second kappa shape index (κ2) is 6.35. The van der Waals surface area contributed by atoms with Gasteiger partial charge in [-0.2, -0.15) is 0 Å². The maximum Gasteiger partial charge on any atom is 0.320 e. The Kier molecular flexibility index (Phi) is 4.25. The summed E-state index contributed by atoms with van der Waals surface area (Å²) in [6.07, 6.45) is 2.99. The third-order valence-corrected chi connectivity index (χ3v) is 4.31. The van der Waals surface area contributed by atoms with E-state index in [1.165, 1.54) is 6.20 Å². The van der Waals surface area contributed by atoms with Gasteiger partial charge in [-0.15, -0.1) is 0 Å². The second-order valence-electron chi connectivity index (χ2n) is 5.81. The number of carbonyl (C=O) groups excluding carboxylic acids is 3. The topological polar surface area (TPSA) is 73.3 Å². The van der Waals surface area contributed by atoms with E-state index in [-0.39, 0.29) is 31.0 Å². The molecule has 0 aliphatic heterocycles. The van der Waals surface area contributed by atoms with Crippen LogP contribution in [0.25, 0.3) is 0 Å². The van der Waals surface area contributed by atoms with Gasteiger partial charge in [0.1, 0.15) is 5.41 Å². The molecule has 0 spiro atoms. The number of fused-ring (bicyclic) bond motifs is 1. The van der Waals surface area contributed by atoms with Crippen LogP contribution in [0.5, 0.6) is 0 Å². The van der Waals surface area contributed by atoms with Crippen LogP contribution in [0.4, 0.5) is 0 Å². The average Bonchev–Trinajstić information content (AvgIpc) is 2.89. The predicted octanol–water partition coefficient (Wildman–Crippen LogP) is 2.64. The molecule has 0 fully saturated rings. The molecule has 1 atom stereocenters. The molecule has 1 aliphatic carbocycles. The first-order chi connectivity index (χ1) is 11.6. The van der Waals surface area contributed by atoms with Crippen molar-refractivity contribution in [3.05, 3.63) is 65.5 Å². The Labute approximate surface area is 139 Å². The van der Waals surface area contributed by atoms with Crippen molar-refractivity contribution in [3.8, 4) is 0 Å². The van der Waals surface area contributed by atoms with Crippen LogP contribution < -0.4 is 0 Å². The van der Waals surface area contributed by atoms with Crippen molar-refractivity contribution in [3.63, 3.8) is 0 Å². The fraction of sp³-hybridized carbons (Fsp3) is 0.263. The maximum absolute atomic E-state index is 12.9. The SMILES string of the molecule is CCOC(=O)C1(CC(=O)c2ccccc2)Cc2ccncc2C1=O. The van der Waals surface area contributed by atoms with E-state index in [0.717, 1.165) is 5.56 Å².